The summed E-state index contributed by atoms with van der Waals surface area (Å²) < 4.78 is 0. The molecule has 0 aliphatic carbocycles. The molecule has 1 heteroatoms. The van der Waals surface area contributed by atoms with Crippen LogP contribution in [0.4, 0.5) is 0 Å². The molecule has 0 amide bonds. The van der Waals surface area contributed by atoms with Gasteiger partial charge in [-0.2, -0.15) is 0 Å². The number of hydrogen-bond donors (Lipinski definition) is 1. The molecular formula is C13H20O. The van der Waals surface area contributed by atoms with Crippen molar-refractivity contribution in [3.8, 4) is 5.75 Å². The number of benzene rings is 1. The van der Waals surface area contributed by atoms with Crippen molar-refractivity contribution in [1.29, 1.82) is 0 Å². The highest BCUT2D eigenvalue weighted by molar-refractivity contribution is 5.38. The first-order valence-corrected chi connectivity index (χ1v) is 5.16. The Labute approximate surface area is 86.8 Å². The Hall–Kier alpha value is -0.980. The fourth-order valence-corrected chi connectivity index (χ4v) is 1.62. The van der Waals surface area contributed by atoms with E-state index >= 15 is 0 Å². The van der Waals surface area contributed by atoms with Gasteiger partial charge in [0.2, 0.25) is 0 Å². The molecule has 0 unspecified atom stereocenters. The van der Waals surface area contributed by atoms with Crippen LogP contribution in [-0.2, 0) is 5.41 Å². The lowest BCUT2D eigenvalue weighted by atomic mass is 9.73. The van der Waals surface area contributed by atoms with Crippen LogP contribution in [0.2, 0.25) is 0 Å². The van der Waals surface area contributed by atoms with Crippen molar-refractivity contribution in [2.75, 3.05) is 0 Å². The zero-order chi connectivity index (χ0) is 10.9. The fourth-order valence-electron chi connectivity index (χ4n) is 1.62. The van der Waals surface area contributed by atoms with Crippen molar-refractivity contribution in [1.82, 2.24) is 0 Å². The van der Waals surface area contributed by atoms with E-state index in [1.165, 1.54) is 11.1 Å². The van der Waals surface area contributed by atoms with Gasteiger partial charge in [-0.15, -0.1) is 0 Å². The number of phenols is 1. The van der Waals surface area contributed by atoms with E-state index in [4.69, 9.17) is 0 Å². The molecule has 0 saturated carbocycles. The molecule has 0 fully saturated rings. The maximum atomic E-state index is 9.48. The van der Waals surface area contributed by atoms with Crippen molar-refractivity contribution in [3.63, 3.8) is 0 Å². The summed E-state index contributed by atoms with van der Waals surface area (Å²) in [5, 5.41) is 9.48. The molecule has 0 spiro atoms. The molecular weight excluding hydrogens is 172 g/mol. The lowest BCUT2D eigenvalue weighted by Gasteiger charge is -2.31. The Bertz CT molecular complexity index is 324. The highest BCUT2D eigenvalue weighted by Gasteiger charge is 2.26. The minimum absolute atomic E-state index is 0.114. The van der Waals surface area contributed by atoms with Gasteiger partial charge in [0.15, 0.2) is 0 Å². The third-order valence-electron chi connectivity index (χ3n) is 3.36. The molecule has 0 radical (unpaired) electrons. The average molecular weight is 192 g/mol. The highest BCUT2D eigenvalue weighted by atomic mass is 16.3. The number of phenolic OH excluding ortho intramolecular Hbond substituents is 1. The van der Waals surface area contributed by atoms with Gasteiger partial charge in [0.25, 0.3) is 0 Å². The maximum absolute atomic E-state index is 9.48. The number of aryl methyl sites for hydroxylation is 1. The lowest BCUT2D eigenvalue weighted by Crippen LogP contribution is -2.25. The Balaban J connectivity index is 3.24. The van der Waals surface area contributed by atoms with Gasteiger partial charge in [0.05, 0.1) is 0 Å². The average Bonchev–Trinajstić information content (AvgIpc) is 2.08. The molecule has 0 aliphatic rings. The summed E-state index contributed by atoms with van der Waals surface area (Å²) in [4.78, 5) is 0. The van der Waals surface area contributed by atoms with Crippen molar-refractivity contribution in [2.45, 2.75) is 40.0 Å². The van der Waals surface area contributed by atoms with E-state index in [0.29, 0.717) is 11.7 Å². The van der Waals surface area contributed by atoms with Crippen LogP contribution in [0.25, 0.3) is 0 Å². The number of hydrogen-bond acceptors (Lipinski definition) is 1. The minimum Gasteiger partial charge on any atom is -0.508 e. The van der Waals surface area contributed by atoms with E-state index in [2.05, 4.69) is 34.6 Å². The zero-order valence-electron chi connectivity index (χ0n) is 9.76. The first kappa shape index (κ1) is 11.1. The molecule has 78 valence electrons. The van der Waals surface area contributed by atoms with Crippen LogP contribution in [0.15, 0.2) is 18.2 Å². The normalized spacial score (nSPS) is 12.1. The molecule has 1 aromatic rings. The molecule has 0 saturated heterocycles. The fraction of sp³-hybridized carbons (Fsp3) is 0.538. The molecule has 1 rings (SSSR count). The first-order chi connectivity index (χ1) is 6.35. The van der Waals surface area contributed by atoms with E-state index in [-0.39, 0.29) is 5.41 Å². The number of aromatic hydroxyl groups is 1. The summed E-state index contributed by atoms with van der Waals surface area (Å²) in [5.74, 6) is 0.919. The summed E-state index contributed by atoms with van der Waals surface area (Å²) in [5.41, 5.74) is 2.61. The second-order valence-corrected chi connectivity index (χ2v) is 4.88. The van der Waals surface area contributed by atoms with E-state index in [9.17, 15) is 5.11 Å². The largest absolute Gasteiger partial charge is 0.508 e. The Morgan fingerprint density at radius 2 is 1.79 bits per heavy atom. The lowest BCUT2D eigenvalue weighted by molar-refractivity contribution is 0.368. The van der Waals surface area contributed by atoms with Crippen LogP contribution in [0, 0.1) is 12.8 Å². The quantitative estimate of drug-likeness (QED) is 0.758. The third-order valence-corrected chi connectivity index (χ3v) is 3.36. The predicted molar refractivity (Wildman–Crippen MR) is 60.7 cm³/mol. The molecule has 0 bridgehead atoms. The zero-order valence-corrected chi connectivity index (χ0v) is 9.76. The molecule has 1 nitrogen and oxygen atoms in total. The van der Waals surface area contributed by atoms with Gasteiger partial charge in [-0.25, -0.2) is 0 Å². The van der Waals surface area contributed by atoms with Crippen LogP contribution in [-0.4, -0.2) is 5.11 Å². The van der Waals surface area contributed by atoms with Crippen LogP contribution < -0.4 is 0 Å². The summed E-state index contributed by atoms with van der Waals surface area (Å²) >= 11 is 0. The summed E-state index contributed by atoms with van der Waals surface area (Å²) in [7, 11) is 0. The second-order valence-electron chi connectivity index (χ2n) is 4.88. The topological polar surface area (TPSA) is 20.2 Å². The van der Waals surface area contributed by atoms with Crippen LogP contribution in [0.5, 0.6) is 5.75 Å². The van der Waals surface area contributed by atoms with E-state index < -0.39 is 0 Å². The maximum Gasteiger partial charge on any atom is 0.115 e. The van der Waals surface area contributed by atoms with Crippen molar-refractivity contribution < 1.29 is 5.11 Å². The predicted octanol–water partition coefficient (Wildman–Crippen LogP) is 3.63. The van der Waals surface area contributed by atoms with Crippen molar-refractivity contribution >= 4 is 0 Å². The first-order valence-electron chi connectivity index (χ1n) is 5.16. The van der Waals surface area contributed by atoms with Gasteiger partial charge in [-0.1, -0.05) is 33.8 Å². The van der Waals surface area contributed by atoms with E-state index in [0.717, 1.165) is 0 Å². The Morgan fingerprint density at radius 3 is 2.29 bits per heavy atom. The highest BCUT2D eigenvalue weighted by Crippen LogP contribution is 2.34. The monoisotopic (exact) mass is 192 g/mol. The Morgan fingerprint density at radius 1 is 1.21 bits per heavy atom. The summed E-state index contributed by atoms with van der Waals surface area (Å²) in [6.45, 7) is 11.0. The van der Waals surface area contributed by atoms with Gasteiger partial charge in [0.1, 0.15) is 5.75 Å². The molecule has 0 aliphatic heterocycles. The van der Waals surface area contributed by atoms with Crippen LogP contribution >= 0.6 is 0 Å². The molecule has 1 N–H and O–H groups in total. The van der Waals surface area contributed by atoms with Gasteiger partial charge >= 0.3 is 0 Å². The molecule has 0 aromatic heterocycles. The van der Waals surface area contributed by atoms with E-state index in [1.54, 1.807) is 6.07 Å². The minimum atomic E-state index is 0.114. The van der Waals surface area contributed by atoms with Crippen molar-refractivity contribution in [2.24, 2.45) is 5.92 Å². The smallest absolute Gasteiger partial charge is 0.115 e. The van der Waals surface area contributed by atoms with E-state index in [1.807, 2.05) is 12.1 Å². The van der Waals surface area contributed by atoms with Gasteiger partial charge in [-0.3, -0.25) is 0 Å². The SMILES string of the molecule is Cc1ccc(O)cc1C(C)(C)C(C)C. The second kappa shape index (κ2) is 3.64. The molecule has 1 aromatic carbocycles. The third kappa shape index (κ3) is 1.92. The number of rotatable bonds is 2. The standard InChI is InChI=1S/C13H20O/c1-9(2)13(4,5)12-8-11(14)7-6-10(12)3/h6-9,14H,1-5H3. The summed E-state index contributed by atoms with van der Waals surface area (Å²) in [6.07, 6.45) is 0. The summed E-state index contributed by atoms with van der Waals surface area (Å²) in [6, 6.07) is 5.61. The van der Waals surface area contributed by atoms with Crippen LogP contribution in [0.3, 0.4) is 0 Å². The van der Waals surface area contributed by atoms with Crippen molar-refractivity contribution in [3.05, 3.63) is 29.3 Å². The molecule has 14 heavy (non-hydrogen) atoms. The van der Waals surface area contributed by atoms with Gasteiger partial charge < -0.3 is 5.11 Å². The van der Waals surface area contributed by atoms with Crippen LogP contribution in [0.1, 0.15) is 38.8 Å². The Kier molecular flexibility index (Phi) is 2.89. The van der Waals surface area contributed by atoms with Gasteiger partial charge in [-0.05, 0) is 41.5 Å². The molecule has 0 atom stereocenters. The van der Waals surface area contributed by atoms with Gasteiger partial charge in [0, 0.05) is 0 Å². The molecule has 0 heterocycles.